The molecule has 0 aromatic carbocycles. The van der Waals surface area contributed by atoms with Gasteiger partial charge in [-0.3, -0.25) is 0 Å². The van der Waals surface area contributed by atoms with Crippen LogP contribution in [0.25, 0.3) is 5.69 Å². The van der Waals surface area contributed by atoms with Crippen LogP contribution < -0.4 is 5.32 Å². The zero-order valence-corrected chi connectivity index (χ0v) is 8.01. The Hall–Kier alpha value is -1.84. The van der Waals surface area contributed by atoms with E-state index in [-0.39, 0.29) is 0 Å². The number of hydrogen-bond donors (Lipinski definition) is 1. The third-order valence-electron chi connectivity index (χ3n) is 1.87. The van der Waals surface area contributed by atoms with Crippen molar-refractivity contribution in [3.05, 3.63) is 36.8 Å². The van der Waals surface area contributed by atoms with Gasteiger partial charge >= 0.3 is 0 Å². The first kappa shape index (κ1) is 8.74. The SMILES string of the molecule is CCNc1cc(-n2cccn2)ccn1. The first-order valence-corrected chi connectivity index (χ1v) is 4.60. The predicted molar refractivity (Wildman–Crippen MR) is 55.5 cm³/mol. The van der Waals surface area contributed by atoms with Gasteiger partial charge in [-0.15, -0.1) is 0 Å². The highest BCUT2D eigenvalue weighted by molar-refractivity contribution is 5.44. The largest absolute Gasteiger partial charge is 0.370 e. The van der Waals surface area contributed by atoms with Crippen molar-refractivity contribution in [2.75, 3.05) is 11.9 Å². The molecule has 0 saturated carbocycles. The van der Waals surface area contributed by atoms with E-state index in [2.05, 4.69) is 15.4 Å². The van der Waals surface area contributed by atoms with Crippen molar-refractivity contribution in [2.45, 2.75) is 6.92 Å². The number of aromatic nitrogens is 3. The first-order chi connectivity index (χ1) is 6.90. The highest BCUT2D eigenvalue weighted by atomic mass is 15.3. The average Bonchev–Trinajstić information content (AvgIpc) is 2.71. The normalized spacial score (nSPS) is 10.1. The average molecular weight is 188 g/mol. The zero-order valence-electron chi connectivity index (χ0n) is 8.01. The van der Waals surface area contributed by atoms with Crippen molar-refractivity contribution in [3.63, 3.8) is 0 Å². The fourth-order valence-electron chi connectivity index (χ4n) is 1.26. The second kappa shape index (κ2) is 3.91. The summed E-state index contributed by atoms with van der Waals surface area (Å²) in [4.78, 5) is 4.19. The number of nitrogens with zero attached hydrogens (tertiary/aromatic N) is 3. The summed E-state index contributed by atoms with van der Waals surface area (Å²) in [6, 6.07) is 5.79. The van der Waals surface area contributed by atoms with Gasteiger partial charge in [-0.05, 0) is 19.1 Å². The smallest absolute Gasteiger partial charge is 0.128 e. The summed E-state index contributed by atoms with van der Waals surface area (Å²) >= 11 is 0. The molecule has 0 atom stereocenters. The fraction of sp³-hybridized carbons (Fsp3) is 0.200. The van der Waals surface area contributed by atoms with E-state index >= 15 is 0 Å². The van der Waals surface area contributed by atoms with Crippen molar-refractivity contribution < 1.29 is 0 Å². The molecule has 0 unspecified atom stereocenters. The number of hydrogen-bond acceptors (Lipinski definition) is 3. The molecular weight excluding hydrogens is 176 g/mol. The molecular formula is C10H12N4. The van der Waals surface area contributed by atoms with E-state index in [0.717, 1.165) is 18.1 Å². The minimum absolute atomic E-state index is 0.871. The molecule has 72 valence electrons. The second-order valence-electron chi connectivity index (χ2n) is 2.88. The van der Waals surface area contributed by atoms with Crippen LogP contribution in [0.15, 0.2) is 36.8 Å². The van der Waals surface area contributed by atoms with Crippen molar-refractivity contribution in [2.24, 2.45) is 0 Å². The maximum absolute atomic E-state index is 4.19. The molecule has 0 spiro atoms. The highest BCUT2D eigenvalue weighted by Crippen LogP contribution is 2.09. The Morgan fingerprint density at radius 3 is 3.07 bits per heavy atom. The molecule has 2 aromatic rings. The topological polar surface area (TPSA) is 42.7 Å². The van der Waals surface area contributed by atoms with Gasteiger partial charge in [0.1, 0.15) is 5.82 Å². The zero-order chi connectivity index (χ0) is 9.80. The Morgan fingerprint density at radius 2 is 2.36 bits per heavy atom. The lowest BCUT2D eigenvalue weighted by Crippen LogP contribution is -2.01. The Morgan fingerprint density at radius 1 is 1.43 bits per heavy atom. The predicted octanol–water partition coefficient (Wildman–Crippen LogP) is 1.70. The lowest BCUT2D eigenvalue weighted by Gasteiger charge is -2.04. The molecule has 0 amide bonds. The van der Waals surface area contributed by atoms with E-state index in [4.69, 9.17) is 0 Å². The van der Waals surface area contributed by atoms with E-state index < -0.39 is 0 Å². The summed E-state index contributed by atoms with van der Waals surface area (Å²) in [7, 11) is 0. The van der Waals surface area contributed by atoms with Gasteiger partial charge in [-0.2, -0.15) is 5.10 Å². The van der Waals surface area contributed by atoms with Gasteiger partial charge in [-0.25, -0.2) is 9.67 Å². The van der Waals surface area contributed by atoms with Gasteiger partial charge in [0.2, 0.25) is 0 Å². The van der Waals surface area contributed by atoms with Crippen LogP contribution in [0.3, 0.4) is 0 Å². The van der Waals surface area contributed by atoms with Crippen molar-refractivity contribution >= 4 is 5.82 Å². The summed E-state index contributed by atoms with van der Waals surface area (Å²) in [5.41, 5.74) is 1.01. The molecule has 0 radical (unpaired) electrons. The van der Waals surface area contributed by atoms with Gasteiger partial charge in [0, 0.05) is 31.2 Å². The number of nitrogens with one attached hydrogen (secondary N) is 1. The van der Waals surface area contributed by atoms with Crippen LogP contribution in [0.2, 0.25) is 0 Å². The quantitative estimate of drug-likeness (QED) is 0.797. The van der Waals surface area contributed by atoms with Gasteiger partial charge in [-0.1, -0.05) is 0 Å². The van der Waals surface area contributed by atoms with Crippen LogP contribution in [-0.2, 0) is 0 Å². The van der Waals surface area contributed by atoms with Crippen LogP contribution in [0.5, 0.6) is 0 Å². The standard InChI is InChI=1S/C10H12N4/c1-2-11-10-8-9(4-6-12-10)14-7-3-5-13-14/h3-8H,2H2,1H3,(H,11,12). The Balaban J connectivity index is 2.31. The maximum Gasteiger partial charge on any atom is 0.128 e. The van der Waals surface area contributed by atoms with E-state index in [1.165, 1.54) is 0 Å². The minimum Gasteiger partial charge on any atom is -0.370 e. The van der Waals surface area contributed by atoms with Gasteiger partial charge < -0.3 is 5.32 Å². The number of rotatable bonds is 3. The molecule has 0 bridgehead atoms. The van der Waals surface area contributed by atoms with Crippen LogP contribution in [0, 0.1) is 0 Å². The first-order valence-electron chi connectivity index (χ1n) is 4.60. The molecule has 4 nitrogen and oxygen atoms in total. The van der Waals surface area contributed by atoms with Crippen molar-refractivity contribution in [1.29, 1.82) is 0 Å². The van der Waals surface area contributed by atoms with Crippen LogP contribution in [0.4, 0.5) is 5.82 Å². The van der Waals surface area contributed by atoms with Crippen molar-refractivity contribution in [3.8, 4) is 5.69 Å². The van der Waals surface area contributed by atoms with Gasteiger partial charge in [0.25, 0.3) is 0 Å². The van der Waals surface area contributed by atoms with Crippen molar-refractivity contribution in [1.82, 2.24) is 14.8 Å². The third kappa shape index (κ3) is 1.74. The van der Waals surface area contributed by atoms with Gasteiger partial charge in [0.15, 0.2) is 0 Å². The van der Waals surface area contributed by atoms with Crippen LogP contribution in [-0.4, -0.2) is 21.3 Å². The molecule has 4 heteroatoms. The second-order valence-corrected chi connectivity index (χ2v) is 2.88. The molecule has 2 rings (SSSR count). The molecule has 0 fully saturated rings. The fourth-order valence-corrected chi connectivity index (χ4v) is 1.26. The highest BCUT2D eigenvalue weighted by Gasteiger charge is 1.97. The van der Waals surface area contributed by atoms with Crippen LogP contribution >= 0.6 is 0 Å². The lowest BCUT2D eigenvalue weighted by atomic mass is 10.4. The summed E-state index contributed by atoms with van der Waals surface area (Å²) in [5.74, 6) is 0.875. The Kier molecular flexibility index (Phi) is 2.44. The molecule has 0 aliphatic carbocycles. The minimum atomic E-state index is 0.871. The Labute approximate surface area is 82.6 Å². The summed E-state index contributed by atoms with van der Waals surface area (Å²) in [6.45, 7) is 2.91. The molecule has 0 aliphatic heterocycles. The molecule has 2 aromatic heterocycles. The van der Waals surface area contributed by atoms with E-state index in [1.54, 1.807) is 12.4 Å². The molecule has 0 saturated heterocycles. The van der Waals surface area contributed by atoms with E-state index in [1.807, 2.05) is 36.0 Å². The summed E-state index contributed by atoms with van der Waals surface area (Å²) in [6.07, 6.45) is 5.44. The lowest BCUT2D eigenvalue weighted by molar-refractivity contribution is 0.877. The summed E-state index contributed by atoms with van der Waals surface area (Å²) < 4.78 is 1.81. The Bertz CT molecular complexity index is 394. The maximum atomic E-state index is 4.19. The van der Waals surface area contributed by atoms with Gasteiger partial charge in [0.05, 0.1) is 5.69 Å². The molecule has 1 N–H and O–H groups in total. The third-order valence-corrected chi connectivity index (χ3v) is 1.87. The molecule has 14 heavy (non-hydrogen) atoms. The van der Waals surface area contributed by atoms with E-state index in [0.29, 0.717) is 0 Å². The molecule has 2 heterocycles. The van der Waals surface area contributed by atoms with E-state index in [9.17, 15) is 0 Å². The van der Waals surface area contributed by atoms with Crippen LogP contribution in [0.1, 0.15) is 6.92 Å². The monoisotopic (exact) mass is 188 g/mol. The molecule has 0 aliphatic rings. The number of pyridine rings is 1. The number of anilines is 1. The summed E-state index contributed by atoms with van der Waals surface area (Å²) in [5, 5.41) is 7.31.